The van der Waals surface area contributed by atoms with Crippen molar-refractivity contribution in [1.29, 1.82) is 0 Å². The van der Waals surface area contributed by atoms with Crippen molar-refractivity contribution < 1.29 is 9.84 Å². The van der Waals surface area contributed by atoms with Crippen LogP contribution in [0.3, 0.4) is 0 Å². The summed E-state index contributed by atoms with van der Waals surface area (Å²) >= 11 is 8.29. The molecule has 0 radical (unpaired) electrons. The molecule has 0 bridgehead atoms. The van der Waals surface area contributed by atoms with Gasteiger partial charge < -0.3 is 26.6 Å². The summed E-state index contributed by atoms with van der Waals surface area (Å²) in [5.41, 5.74) is 9.39. The van der Waals surface area contributed by atoms with Crippen LogP contribution in [0, 0.1) is 0 Å². The molecular formula is C9H23N3O2S2. The number of nitrogens with two attached hydrogens (primary N) is 2. The van der Waals surface area contributed by atoms with Gasteiger partial charge in [-0.3, -0.25) is 0 Å². The van der Waals surface area contributed by atoms with Gasteiger partial charge in [-0.25, -0.2) is 0 Å². The molecule has 0 heterocycles. The van der Waals surface area contributed by atoms with Crippen molar-refractivity contribution in [3.63, 3.8) is 0 Å². The lowest BCUT2D eigenvalue weighted by atomic mass is 10.5. The molecule has 0 saturated heterocycles. The van der Waals surface area contributed by atoms with Crippen LogP contribution in [0.5, 0.6) is 0 Å². The number of aliphatic hydroxyl groups is 1. The Labute approximate surface area is 109 Å². The smallest absolute Gasteiger partial charge is 0.253 e. The highest BCUT2D eigenvalue weighted by molar-refractivity contribution is 7.80. The van der Waals surface area contributed by atoms with E-state index in [0.29, 0.717) is 6.61 Å². The molecular weight excluding hydrogens is 246 g/mol. The van der Waals surface area contributed by atoms with Crippen LogP contribution < -0.4 is 16.8 Å². The fraction of sp³-hybridized carbons (Fsp3) is 0.778. The number of hydrogen-bond donors (Lipinski definition) is 4. The van der Waals surface area contributed by atoms with Gasteiger partial charge in [-0.1, -0.05) is 20.8 Å². The van der Waals surface area contributed by atoms with E-state index in [1.165, 1.54) is 0 Å². The highest BCUT2D eigenvalue weighted by Crippen LogP contribution is 1.77. The zero-order valence-electron chi connectivity index (χ0n) is 10.2. The molecule has 0 aromatic heterocycles. The van der Waals surface area contributed by atoms with Gasteiger partial charge in [0.15, 0.2) is 0 Å². The predicted molar refractivity (Wildman–Crippen MR) is 76.7 cm³/mol. The third-order valence-corrected chi connectivity index (χ3v) is 1.07. The quantitative estimate of drug-likeness (QED) is 0.567. The van der Waals surface area contributed by atoms with Crippen molar-refractivity contribution >= 4 is 34.8 Å². The maximum Gasteiger partial charge on any atom is 0.253 e. The average molecular weight is 269 g/mol. The van der Waals surface area contributed by atoms with Crippen molar-refractivity contribution in [1.82, 2.24) is 5.32 Å². The Balaban J connectivity index is -0.000000166. The fourth-order valence-corrected chi connectivity index (χ4v) is 0.536. The van der Waals surface area contributed by atoms with Crippen molar-refractivity contribution in [3.05, 3.63) is 0 Å². The van der Waals surface area contributed by atoms with Gasteiger partial charge in [0.25, 0.3) is 10.3 Å². The molecule has 16 heavy (non-hydrogen) atoms. The molecule has 0 spiro atoms. The number of thiocarbonyl (C=S) groups is 2. The molecule has 0 aromatic carbocycles. The number of ether oxygens (including phenoxy) is 1. The zero-order chi connectivity index (χ0) is 13.4. The van der Waals surface area contributed by atoms with Crippen molar-refractivity contribution in [2.45, 2.75) is 27.2 Å². The van der Waals surface area contributed by atoms with Gasteiger partial charge in [0.05, 0.1) is 6.61 Å². The summed E-state index contributed by atoms with van der Waals surface area (Å²) in [6, 6.07) is 0. The van der Waals surface area contributed by atoms with Gasteiger partial charge in [0.1, 0.15) is 0 Å². The lowest BCUT2D eigenvalue weighted by molar-refractivity contribution is 0.308. The summed E-state index contributed by atoms with van der Waals surface area (Å²) in [7, 11) is 0. The van der Waals surface area contributed by atoms with Gasteiger partial charge in [0, 0.05) is 0 Å². The molecule has 98 valence electrons. The van der Waals surface area contributed by atoms with E-state index < -0.39 is 5.17 Å². The van der Waals surface area contributed by atoms with Gasteiger partial charge in [-0.15, -0.1) is 0 Å². The van der Waals surface area contributed by atoms with E-state index in [9.17, 15) is 0 Å². The van der Waals surface area contributed by atoms with Crippen LogP contribution in [0.15, 0.2) is 0 Å². The van der Waals surface area contributed by atoms with Crippen molar-refractivity contribution in [3.8, 4) is 0 Å². The van der Waals surface area contributed by atoms with Crippen LogP contribution in [0.1, 0.15) is 27.2 Å². The fourth-order valence-electron chi connectivity index (χ4n) is 0.453. The Bertz CT molecular complexity index is 163. The Morgan fingerprint density at radius 1 is 1.19 bits per heavy atom. The van der Waals surface area contributed by atoms with E-state index in [2.05, 4.69) is 49.3 Å². The van der Waals surface area contributed by atoms with E-state index in [0.717, 1.165) is 19.5 Å². The molecule has 0 atom stereocenters. The molecule has 0 fully saturated rings. The molecule has 0 rings (SSSR count). The van der Waals surface area contributed by atoms with E-state index in [1.807, 2.05) is 6.92 Å². The molecule has 0 unspecified atom stereocenters. The van der Waals surface area contributed by atoms with Crippen LogP contribution >= 0.6 is 24.4 Å². The highest BCUT2D eigenvalue weighted by atomic mass is 32.1. The van der Waals surface area contributed by atoms with Crippen LogP contribution in [0.25, 0.3) is 0 Å². The van der Waals surface area contributed by atoms with E-state index >= 15 is 0 Å². The van der Waals surface area contributed by atoms with Crippen LogP contribution in [-0.4, -0.2) is 35.2 Å². The predicted octanol–water partition coefficient (Wildman–Crippen LogP) is 1.06. The molecule has 0 saturated carbocycles. The number of aliphatic hydroxyl groups excluding tert-OH is 1. The summed E-state index contributed by atoms with van der Waals surface area (Å²) in [6.07, 6.45) is 0.956. The molecule has 6 N–H and O–H groups in total. The van der Waals surface area contributed by atoms with Crippen LogP contribution in [0.2, 0.25) is 0 Å². The first-order chi connectivity index (χ1) is 7.42. The maximum absolute atomic E-state index is 7.56. The maximum atomic E-state index is 7.56. The van der Waals surface area contributed by atoms with Crippen molar-refractivity contribution in [2.75, 3.05) is 19.7 Å². The average Bonchev–Trinajstić information content (AvgIpc) is 2.16. The Morgan fingerprint density at radius 3 is 1.62 bits per heavy atom. The third-order valence-electron chi connectivity index (χ3n) is 0.948. The summed E-state index contributed by atoms with van der Waals surface area (Å²) in [6.45, 7) is 9.02. The Hall–Kier alpha value is -0.660. The Kier molecular flexibility index (Phi) is 25.7. The first-order valence-electron chi connectivity index (χ1n) is 5.03. The van der Waals surface area contributed by atoms with E-state index in [-0.39, 0.29) is 5.17 Å². The first-order valence-corrected chi connectivity index (χ1v) is 5.85. The SMILES string of the molecule is CCCOC(N)=S.CCNCC.NC(O)=S. The monoisotopic (exact) mass is 269 g/mol. The van der Waals surface area contributed by atoms with E-state index in [1.54, 1.807) is 0 Å². The molecule has 0 aliphatic heterocycles. The second-order valence-corrected chi connectivity index (χ2v) is 3.28. The molecule has 0 aliphatic carbocycles. The van der Waals surface area contributed by atoms with Crippen molar-refractivity contribution in [2.24, 2.45) is 11.5 Å². The molecule has 7 heteroatoms. The number of rotatable bonds is 4. The third kappa shape index (κ3) is 71.2. The molecule has 0 aromatic rings. The number of nitrogens with one attached hydrogen (secondary N) is 1. The second-order valence-electron chi connectivity index (χ2n) is 2.46. The standard InChI is InChI=1S/C4H9NOS.C4H11N.CH3NOS/c1-2-3-6-4(5)7;1-3-5-4-2;2-1(3)4/h2-3H2,1H3,(H2,5,7);5H,3-4H2,1-2H3;(H3,2,3,4). The Morgan fingerprint density at radius 2 is 1.56 bits per heavy atom. The lowest BCUT2D eigenvalue weighted by Gasteiger charge is -1.96. The van der Waals surface area contributed by atoms with Gasteiger partial charge in [0.2, 0.25) is 0 Å². The van der Waals surface area contributed by atoms with Crippen LogP contribution in [0.4, 0.5) is 0 Å². The summed E-state index contributed by atoms with van der Waals surface area (Å²) < 4.78 is 4.70. The zero-order valence-corrected chi connectivity index (χ0v) is 11.8. The summed E-state index contributed by atoms with van der Waals surface area (Å²) in [4.78, 5) is 0. The van der Waals surface area contributed by atoms with Gasteiger partial charge in [-0.05, 0) is 43.9 Å². The molecule has 0 aliphatic rings. The summed E-state index contributed by atoms with van der Waals surface area (Å²) in [5.74, 6) is 0. The van der Waals surface area contributed by atoms with E-state index in [4.69, 9.17) is 15.6 Å². The summed E-state index contributed by atoms with van der Waals surface area (Å²) in [5, 5.41) is 10.3. The van der Waals surface area contributed by atoms with Gasteiger partial charge >= 0.3 is 0 Å². The van der Waals surface area contributed by atoms with Crippen LogP contribution in [-0.2, 0) is 4.74 Å². The topological polar surface area (TPSA) is 93.5 Å². The minimum absolute atomic E-state index is 0.141. The first kappa shape index (κ1) is 20.7. The largest absolute Gasteiger partial charge is 0.487 e. The normalized spacial score (nSPS) is 7.69. The van der Waals surface area contributed by atoms with Gasteiger partial charge in [-0.2, -0.15) is 0 Å². The molecule has 0 amide bonds. The molecule has 5 nitrogen and oxygen atoms in total. The minimum Gasteiger partial charge on any atom is -0.487 e. The highest BCUT2D eigenvalue weighted by Gasteiger charge is 1.81. The lowest BCUT2D eigenvalue weighted by Crippen LogP contribution is -2.12. The minimum atomic E-state index is -0.500. The second kappa shape index (κ2) is 19.8. The number of hydrogen-bond acceptors (Lipinski definition) is 4.